The first-order valence-electron chi connectivity index (χ1n) is 21.7. The molecule has 4 heterocycles. The highest BCUT2D eigenvalue weighted by Gasteiger charge is 2.25. The molecule has 0 spiro atoms. The highest BCUT2D eigenvalue weighted by Crippen LogP contribution is 2.42. The molecule has 0 aliphatic carbocycles. The normalized spacial score (nSPS) is 11.5. The molecule has 7 heteroatoms. The third kappa shape index (κ3) is 6.35. The van der Waals surface area contributed by atoms with Crippen molar-refractivity contribution in [3.63, 3.8) is 0 Å². The van der Waals surface area contributed by atoms with Crippen LogP contribution in [0.4, 0.5) is 8.78 Å². The second-order valence-electron chi connectivity index (χ2n) is 16.4. The van der Waals surface area contributed by atoms with E-state index in [9.17, 15) is 5.26 Å². The Morgan fingerprint density at radius 2 is 0.788 bits per heavy atom. The molecule has 12 aromatic rings. The Morgan fingerprint density at radius 3 is 1.23 bits per heavy atom. The molecule has 0 saturated heterocycles. The van der Waals surface area contributed by atoms with Crippen molar-refractivity contribution in [2.24, 2.45) is 0 Å². The molecular formula is C59H35F2N5. The maximum Gasteiger partial charge on any atom is 0.133 e. The second-order valence-corrected chi connectivity index (χ2v) is 16.4. The van der Waals surface area contributed by atoms with Gasteiger partial charge in [-0.15, -0.1) is 0 Å². The SMILES string of the molecule is N#Cc1c(-n2c3ccccc3c3ccc(-c4ccc(-c5ccccc5)nc4)cc32)cc(-c2c(F)cccc2F)cc1-n1c2ccccc2c2ccc(-c3ccc(-c4ccccc4)nc3)cc21. The summed E-state index contributed by atoms with van der Waals surface area (Å²) < 4.78 is 36.3. The van der Waals surface area contributed by atoms with Gasteiger partial charge in [-0.2, -0.15) is 5.26 Å². The number of nitriles is 1. The highest BCUT2D eigenvalue weighted by molar-refractivity contribution is 6.12. The minimum absolute atomic E-state index is 0.179. The summed E-state index contributed by atoms with van der Waals surface area (Å²) in [6, 6.07) is 66.9. The molecule has 0 fully saturated rings. The average molecular weight is 852 g/mol. The van der Waals surface area contributed by atoms with E-state index in [0.717, 1.165) is 88.4 Å². The molecule has 8 aromatic carbocycles. The summed E-state index contributed by atoms with van der Waals surface area (Å²) in [5, 5.41) is 15.4. The van der Waals surface area contributed by atoms with E-state index in [-0.39, 0.29) is 5.56 Å². The molecule has 4 aromatic heterocycles. The van der Waals surface area contributed by atoms with Crippen LogP contribution in [0, 0.1) is 23.0 Å². The molecule has 310 valence electrons. The fourth-order valence-electron chi connectivity index (χ4n) is 9.50. The maximum atomic E-state index is 16.1. The van der Waals surface area contributed by atoms with Crippen LogP contribution >= 0.6 is 0 Å². The molecule has 0 aliphatic rings. The first kappa shape index (κ1) is 38.7. The Balaban J connectivity index is 1.12. The Morgan fingerprint density at radius 1 is 0.364 bits per heavy atom. The number of hydrogen-bond donors (Lipinski definition) is 0. The lowest BCUT2D eigenvalue weighted by Crippen LogP contribution is -2.06. The van der Waals surface area contributed by atoms with Gasteiger partial charge in [-0.25, -0.2) is 8.78 Å². The van der Waals surface area contributed by atoms with Crippen LogP contribution in [0.25, 0.3) is 111 Å². The Kier molecular flexibility index (Phi) is 9.18. The van der Waals surface area contributed by atoms with Gasteiger partial charge in [0.25, 0.3) is 0 Å². The maximum absolute atomic E-state index is 16.1. The van der Waals surface area contributed by atoms with Crippen molar-refractivity contribution in [2.45, 2.75) is 0 Å². The summed E-state index contributed by atoms with van der Waals surface area (Å²) in [5.74, 6) is -1.41. The number of pyridine rings is 2. The quantitative estimate of drug-likeness (QED) is 0.160. The van der Waals surface area contributed by atoms with Crippen LogP contribution in [0.2, 0.25) is 0 Å². The number of nitrogens with zero attached hydrogens (tertiary/aromatic N) is 5. The first-order valence-corrected chi connectivity index (χ1v) is 21.7. The number of benzene rings is 8. The van der Waals surface area contributed by atoms with Crippen LogP contribution in [-0.4, -0.2) is 19.1 Å². The lowest BCUT2D eigenvalue weighted by atomic mass is 9.98. The number of fused-ring (bicyclic) bond motifs is 6. The number of aromatic nitrogens is 4. The van der Waals surface area contributed by atoms with Crippen LogP contribution in [0.15, 0.2) is 213 Å². The number of para-hydroxylation sites is 2. The van der Waals surface area contributed by atoms with Crippen molar-refractivity contribution < 1.29 is 8.78 Å². The van der Waals surface area contributed by atoms with Crippen LogP contribution in [-0.2, 0) is 0 Å². The molecule has 5 nitrogen and oxygen atoms in total. The van der Waals surface area contributed by atoms with Gasteiger partial charge >= 0.3 is 0 Å². The van der Waals surface area contributed by atoms with E-state index < -0.39 is 11.6 Å². The van der Waals surface area contributed by atoms with Gasteiger partial charge in [0.15, 0.2) is 0 Å². The molecule has 0 radical (unpaired) electrons. The fourth-order valence-corrected chi connectivity index (χ4v) is 9.50. The van der Waals surface area contributed by atoms with Gasteiger partial charge in [-0.3, -0.25) is 9.97 Å². The fraction of sp³-hybridized carbons (Fsp3) is 0. The van der Waals surface area contributed by atoms with E-state index in [1.807, 2.05) is 122 Å². The van der Waals surface area contributed by atoms with E-state index >= 15 is 8.78 Å². The van der Waals surface area contributed by atoms with Gasteiger partial charge in [0.1, 0.15) is 23.3 Å². The summed E-state index contributed by atoms with van der Waals surface area (Å²) in [6.45, 7) is 0. The first-order chi connectivity index (χ1) is 32.5. The lowest BCUT2D eigenvalue weighted by molar-refractivity contribution is 0.589. The van der Waals surface area contributed by atoms with Crippen LogP contribution in [0.3, 0.4) is 0 Å². The van der Waals surface area contributed by atoms with Gasteiger partial charge in [0, 0.05) is 56.2 Å². The van der Waals surface area contributed by atoms with Gasteiger partial charge in [0.05, 0.1) is 50.4 Å². The van der Waals surface area contributed by atoms with E-state index in [1.54, 1.807) is 12.1 Å². The van der Waals surface area contributed by atoms with Crippen LogP contribution < -0.4 is 0 Å². The monoisotopic (exact) mass is 851 g/mol. The van der Waals surface area contributed by atoms with E-state index in [4.69, 9.17) is 9.97 Å². The second kappa shape index (κ2) is 15.7. The van der Waals surface area contributed by atoms with Gasteiger partial charge < -0.3 is 9.13 Å². The van der Waals surface area contributed by atoms with Crippen LogP contribution in [0.1, 0.15) is 5.56 Å². The number of halogens is 2. The summed E-state index contributed by atoms with van der Waals surface area (Å²) in [7, 11) is 0. The summed E-state index contributed by atoms with van der Waals surface area (Å²) in [4.78, 5) is 9.64. The predicted molar refractivity (Wildman–Crippen MR) is 263 cm³/mol. The van der Waals surface area contributed by atoms with Crippen molar-refractivity contribution in [3.05, 3.63) is 230 Å². The van der Waals surface area contributed by atoms with E-state index in [1.165, 1.54) is 18.2 Å². The Bertz CT molecular complexity index is 3640. The largest absolute Gasteiger partial charge is 0.308 e. The molecule has 0 atom stereocenters. The standard InChI is InChI=1S/C59H35F2N5/c60-49-18-11-19-50(61)59(49)43-32-57(65-53-20-9-7-16-44(53)46-26-22-39(30-55(46)65)41-24-28-51(63-35-41)37-12-3-1-4-13-37)48(34-62)58(33-43)66-54-21-10-8-17-45(54)47-27-23-40(31-56(47)66)42-25-29-52(64-36-42)38-14-5-2-6-15-38/h1-33,35-36H. The summed E-state index contributed by atoms with van der Waals surface area (Å²) in [5.41, 5.74) is 12.2. The number of rotatable bonds is 7. The zero-order valence-electron chi connectivity index (χ0n) is 35.2. The molecule has 0 bridgehead atoms. The summed E-state index contributed by atoms with van der Waals surface area (Å²) >= 11 is 0. The minimum Gasteiger partial charge on any atom is -0.308 e. The Labute approximate surface area is 378 Å². The van der Waals surface area contributed by atoms with Gasteiger partial charge in [0.2, 0.25) is 0 Å². The summed E-state index contributed by atoms with van der Waals surface area (Å²) in [6.07, 6.45) is 3.75. The molecule has 66 heavy (non-hydrogen) atoms. The van der Waals surface area contributed by atoms with Crippen molar-refractivity contribution in [3.8, 4) is 73.3 Å². The van der Waals surface area contributed by atoms with Crippen molar-refractivity contribution >= 4 is 43.6 Å². The molecule has 0 saturated carbocycles. The topological polar surface area (TPSA) is 59.4 Å². The minimum atomic E-state index is -0.705. The number of hydrogen-bond acceptors (Lipinski definition) is 3. The third-order valence-corrected chi connectivity index (χ3v) is 12.6. The molecular weight excluding hydrogens is 817 g/mol. The van der Waals surface area contributed by atoms with Crippen LogP contribution in [0.5, 0.6) is 0 Å². The average Bonchev–Trinajstić information content (AvgIpc) is 3.88. The van der Waals surface area contributed by atoms with Crippen molar-refractivity contribution in [1.29, 1.82) is 5.26 Å². The van der Waals surface area contributed by atoms with E-state index in [0.29, 0.717) is 22.5 Å². The molecule has 0 unspecified atom stereocenters. The highest BCUT2D eigenvalue weighted by atomic mass is 19.1. The molecule has 0 N–H and O–H groups in total. The van der Waals surface area contributed by atoms with Crippen molar-refractivity contribution in [2.75, 3.05) is 0 Å². The lowest BCUT2D eigenvalue weighted by Gasteiger charge is -2.19. The Hall–Kier alpha value is -8.99. The molecule has 0 amide bonds. The van der Waals surface area contributed by atoms with E-state index in [2.05, 4.69) is 75.9 Å². The zero-order chi connectivity index (χ0) is 44.3. The molecule has 0 aliphatic heterocycles. The predicted octanol–water partition coefficient (Wildman–Crippen LogP) is 15.2. The van der Waals surface area contributed by atoms with Gasteiger partial charge in [-0.05, 0) is 77.4 Å². The van der Waals surface area contributed by atoms with Gasteiger partial charge in [-0.1, -0.05) is 140 Å². The van der Waals surface area contributed by atoms with Crippen molar-refractivity contribution in [1.82, 2.24) is 19.1 Å². The third-order valence-electron chi connectivity index (χ3n) is 12.6. The smallest absolute Gasteiger partial charge is 0.133 e. The molecule has 12 rings (SSSR count). The zero-order valence-corrected chi connectivity index (χ0v) is 35.2.